The molecular formula is C14H15NO5. The maximum Gasteiger partial charge on any atom is 0.269 e. The van der Waals surface area contributed by atoms with Crippen molar-refractivity contribution in [1.29, 1.82) is 0 Å². The number of ketones is 2. The highest BCUT2D eigenvalue weighted by atomic mass is 16.7. The molecule has 1 saturated heterocycles. The average Bonchev–Trinajstić information content (AvgIpc) is 2.61. The zero-order valence-corrected chi connectivity index (χ0v) is 11.2. The third-order valence-corrected chi connectivity index (χ3v) is 3.70. The predicted molar refractivity (Wildman–Crippen MR) is 68.9 cm³/mol. The molecule has 20 heavy (non-hydrogen) atoms. The Kier molecular flexibility index (Phi) is 3.45. The van der Waals surface area contributed by atoms with Crippen LogP contribution < -0.4 is 0 Å². The van der Waals surface area contributed by atoms with Crippen molar-refractivity contribution in [1.82, 2.24) is 5.06 Å². The van der Waals surface area contributed by atoms with E-state index in [4.69, 9.17) is 4.84 Å². The molecule has 1 spiro atoms. The number of rotatable bonds is 2. The summed E-state index contributed by atoms with van der Waals surface area (Å²) in [6, 6.07) is 0. The fourth-order valence-electron chi connectivity index (χ4n) is 2.72. The Morgan fingerprint density at radius 1 is 1.45 bits per heavy atom. The SMILES string of the molecule is C=C1C(=O)[C@@]2(C(=O)N1OC)[C@H](/C=C/C)C=CC(=O)[C@@H]2O. The number of amides is 1. The van der Waals surface area contributed by atoms with Crippen LogP contribution in [0.2, 0.25) is 0 Å². The van der Waals surface area contributed by atoms with Gasteiger partial charge in [0, 0.05) is 5.92 Å². The minimum atomic E-state index is -1.91. The zero-order valence-electron chi connectivity index (χ0n) is 11.2. The van der Waals surface area contributed by atoms with E-state index in [2.05, 4.69) is 6.58 Å². The first kappa shape index (κ1) is 14.4. The van der Waals surface area contributed by atoms with Crippen LogP contribution in [0.4, 0.5) is 0 Å². The lowest BCUT2D eigenvalue weighted by Crippen LogP contribution is -2.55. The molecule has 1 fully saturated rings. The van der Waals surface area contributed by atoms with Crippen molar-refractivity contribution in [3.63, 3.8) is 0 Å². The molecule has 1 aliphatic carbocycles. The lowest BCUT2D eigenvalue weighted by atomic mass is 9.64. The number of aliphatic hydroxyl groups excluding tert-OH is 1. The Morgan fingerprint density at radius 3 is 2.60 bits per heavy atom. The minimum Gasteiger partial charge on any atom is -0.383 e. The van der Waals surface area contributed by atoms with Crippen LogP contribution in [0, 0.1) is 11.3 Å². The van der Waals surface area contributed by atoms with Gasteiger partial charge in [-0.3, -0.25) is 19.2 Å². The molecule has 6 heteroatoms. The highest BCUT2D eigenvalue weighted by Crippen LogP contribution is 2.47. The van der Waals surface area contributed by atoms with Gasteiger partial charge in [0.25, 0.3) is 5.91 Å². The van der Waals surface area contributed by atoms with Crippen LogP contribution in [0.5, 0.6) is 0 Å². The molecule has 0 unspecified atom stereocenters. The van der Waals surface area contributed by atoms with Crippen molar-refractivity contribution in [2.24, 2.45) is 11.3 Å². The van der Waals surface area contributed by atoms with E-state index in [-0.39, 0.29) is 5.70 Å². The van der Waals surface area contributed by atoms with Crippen molar-refractivity contribution in [3.05, 3.63) is 36.6 Å². The molecule has 0 aromatic rings. The second kappa shape index (κ2) is 4.81. The summed E-state index contributed by atoms with van der Waals surface area (Å²) >= 11 is 0. The van der Waals surface area contributed by atoms with Crippen molar-refractivity contribution in [2.45, 2.75) is 13.0 Å². The predicted octanol–water partition coefficient (Wildman–Crippen LogP) is 0.151. The largest absolute Gasteiger partial charge is 0.383 e. The van der Waals surface area contributed by atoms with Gasteiger partial charge >= 0.3 is 0 Å². The topological polar surface area (TPSA) is 83.9 Å². The third kappa shape index (κ3) is 1.55. The number of carbonyl (C=O) groups is 3. The Balaban J connectivity index is 2.68. The van der Waals surface area contributed by atoms with E-state index in [9.17, 15) is 19.5 Å². The van der Waals surface area contributed by atoms with Crippen LogP contribution in [-0.4, -0.2) is 40.9 Å². The van der Waals surface area contributed by atoms with Crippen molar-refractivity contribution >= 4 is 17.5 Å². The number of Topliss-reactive ketones (excluding diaryl/α,β-unsaturated/α-hetero) is 1. The van der Waals surface area contributed by atoms with Crippen LogP contribution in [0.15, 0.2) is 36.6 Å². The Hall–Kier alpha value is -2.05. The molecule has 0 radical (unpaired) electrons. The molecule has 1 N–H and O–H groups in total. The highest BCUT2D eigenvalue weighted by Gasteiger charge is 2.66. The van der Waals surface area contributed by atoms with E-state index >= 15 is 0 Å². The Labute approximate surface area is 116 Å². The van der Waals surface area contributed by atoms with Gasteiger partial charge in [-0.2, -0.15) is 5.06 Å². The molecule has 1 amide bonds. The standard InChI is InChI=1S/C14H15NO5/c1-4-5-9-6-7-10(16)12(18)14(9)11(17)8(2)15(20-3)13(14)19/h4-7,9,12,18H,2H2,1,3H3/b5-4+/t9-,12+,14+/m1/s1. The summed E-state index contributed by atoms with van der Waals surface area (Å²) in [6.45, 7) is 5.22. The molecule has 0 saturated carbocycles. The van der Waals surface area contributed by atoms with Crippen molar-refractivity contribution < 1.29 is 24.3 Å². The fourth-order valence-corrected chi connectivity index (χ4v) is 2.72. The maximum absolute atomic E-state index is 12.5. The van der Waals surface area contributed by atoms with E-state index in [1.165, 1.54) is 19.3 Å². The molecule has 0 aromatic carbocycles. The second-order valence-electron chi connectivity index (χ2n) is 4.64. The van der Waals surface area contributed by atoms with Gasteiger partial charge in [-0.15, -0.1) is 0 Å². The molecule has 0 bridgehead atoms. The normalized spacial score (nSPS) is 34.0. The van der Waals surface area contributed by atoms with Crippen molar-refractivity contribution in [2.75, 3.05) is 7.11 Å². The van der Waals surface area contributed by atoms with E-state index in [1.54, 1.807) is 19.1 Å². The molecular weight excluding hydrogens is 262 g/mol. The quantitative estimate of drug-likeness (QED) is 0.441. The molecule has 0 aromatic heterocycles. The summed E-state index contributed by atoms with van der Waals surface area (Å²) in [7, 11) is 1.22. The Bertz CT molecular complexity index is 562. The monoisotopic (exact) mass is 277 g/mol. The van der Waals surface area contributed by atoms with E-state index in [0.717, 1.165) is 5.06 Å². The van der Waals surface area contributed by atoms with Crippen LogP contribution >= 0.6 is 0 Å². The number of aliphatic hydroxyl groups is 1. The van der Waals surface area contributed by atoms with Gasteiger partial charge in [0.1, 0.15) is 11.8 Å². The van der Waals surface area contributed by atoms with E-state index in [1.807, 2.05) is 0 Å². The minimum absolute atomic E-state index is 0.186. The summed E-state index contributed by atoms with van der Waals surface area (Å²) in [6.07, 6.45) is 4.12. The first-order valence-corrected chi connectivity index (χ1v) is 6.08. The highest BCUT2D eigenvalue weighted by molar-refractivity contribution is 6.24. The van der Waals surface area contributed by atoms with Crippen molar-refractivity contribution in [3.8, 4) is 0 Å². The van der Waals surface area contributed by atoms with Gasteiger partial charge in [-0.1, -0.05) is 24.8 Å². The second-order valence-corrected chi connectivity index (χ2v) is 4.64. The van der Waals surface area contributed by atoms with Gasteiger partial charge in [0.15, 0.2) is 11.2 Å². The average molecular weight is 277 g/mol. The molecule has 106 valence electrons. The fraction of sp³-hybridized carbons (Fsp3) is 0.357. The smallest absolute Gasteiger partial charge is 0.269 e. The number of allylic oxidation sites excluding steroid dienone is 4. The molecule has 2 aliphatic rings. The lowest BCUT2D eigenvalue weighted by Gasteiger charge is -2.35. The van der Waals surface area contributed by atoms with Gasteiger partial charge in [0.05, 0.1) is 7.11 Å². The Morgan fingerprint density at radius 2 is 2.10 bits per heavy atom. The summed E-state index contributed by atoms with van der Waals surface area (Å²) in [4.78, 5) is 41.6. The van der Waals surface area contributed by atoms with E-state index < -0.39 is 34.9 Å². The molecule has 1 heterocycles. The lowest BCUT2D eigenvalue weighted by molar-refractivity contribution is -0.175. The third-order valence-electron chi connectivity index (χ3n) is 3.70. The van der Waals surface area contributed by atoms with Crippen LogP contribution in [0.25, 0.3) is 0 Å². The summed E-state index contributed by atoms with van der Waals surface area (Å²) in [5.74, 6) is -2.88. The molecule has 2 rings (SSSR count). The number of hydrogen-bond acceptors (Lipinski definition) is 5. The van der Waals surface area contributed by atoms with E-state index in [0.29, 0.717) is 0 Å². The van der Waals surface area contributed by atoms with Gasteiger partial charge in [-0.05, 0) is 13.0 Å². The van der Waals surface area contributed by atoms with Gasteiger partial charge in [-0.25, -0.2) is 0 Å². The summed E-state index contributed by atoms with van der Waals surface area (Å²) < 4.78 is 0. The first-order chi connectivity index (χ1) is 9.42. The molecule has 1 aliphatic heterocycles. The zero-order chi connectivity index (χ0) is 15.1. The number of hydrogen-bond donors (Lipinski definition) is 1. The maximum atomic E-state index is 12.5. The number of hydroxylamine groups is 2. The molecule has 6 nitrogen and oxygen atoms in total. The number of nitrogens with zero attached hydrogens (tertiary/aromatic N) is 1. The first-order valence-electron chi connectivity index (χ1n) is 6.08. The summed E-state index contributed by atoms with van der Waals surface area (Å²) in [5, 5.41) is 10.9. The number of carbonyl (C=O) groups excluding carboxylic acids is 3. The van der Waals surface area contributed by atoms with Crippen LogP contribution in [-0.2, 0) is 19.2 Å². The van der Waals surface area contributed by atoms with Crippen LogP contribution in [0.1, 0.15) is 6.92 Å². The van der Waals surface area contributed by atoms with Crippen LogP contribution in [0.3, 0.4) is 0 Å². The van der Waals surface area contributed by atoms with Gasteiger partial charge < -0.3 is 5.11 Å². The van der Waals surface area contributed by atoms with Gasteiger partial charge in [0.2, 0.25) is 5.78 Å². The molecule has 3 atom stereocenters. The summed E-state index contributed by atoms with van der Waals surface area (Å²) in [5.41, 5.74) is -2.10.